The van der Waals surface area contributed by atoms with Crippen molar-refractivity contribution in [1.29, 1.82) is 5.26 Å². The highest BCUT2D eigenvalue weighted by Crippen LogP contribution is 2.17. The lowest BCUT2D eigenvalue weighted by Crippen LogP contribution is -2.27. The van der Waals surface area contributed by atoms with Crippen LogP contribution in [-0.2, 0) is 6.54 Å². The van der Waals surface area contributed by atoms with Crippen molar-refractivity contribution in [2.24, 2.45) is 0 Å². The maximum absolute atomic E-state index is 8.71. The third-order valence-electron chi connectivity index (χ3n) is 2.46. The van der Waals surface area contributed by atoms with Gasteiger partial charge in [-0.05, 0) is 29.9 Å². The van der Waals surface area contributed by atoms with Gasteiger partial charge in [-0.1, -0.05) is 0 Å². The molecule has 4 heteroatoms. The van der Waals surface area contributed by atoms with E-state index in [1.807, 2.05) is 23.9 Å². The first-order valence-electron chi connectivity index (χ1n) is 5.04. The number of nitrogens with one attached hydrogen (secondary N) is 1. The van der Waals surface area contributed by atoms with Crippen molar-refractivity contribution < 1.29 is 0 Å². The molecular weight excluding hydrogens is 206 g/mol. The summed E-state index contributed by atoms with van der Waals surface area (Å²) in [6, 6.07) is 6.48. The van der Waals surface area contributed by atoms with E-state index in [4.69, 9.17) is 5.26 Å². The highest BCUT2D eigenvalue weighted by molar-refractivity contribution is 7.99. The average molecular weight is 219 g/mol. The van der Waals surface area contributed by atoms with Crippen molar-refractivity contribution in [2.75, 3.05) is 11.5 Å². The minimum absolute atomic E-state index is 0.495. The summed E-state index contributed by atoms with van der Waals surface area (Å²) < 4.78 is 0. The fraction of sp³-hybridized carbons (Fsp3) is 0.455. The van der Waals surface area contributed by atoms with Crippen LogP contribution in [0.2, 0.25) is 0 Å². The highest BCUT2D eigenvalue weighted by Gasteiger charge is 2.14. The molecule has 0 aromatic carbocycles. The summed E-state index contributed by atoms with van der Waals surface area (Å²) in [6.45, 7) is 0.836. The summed E-state index contributed by atoms with van der Waals surface area (Å²) in [6.07, 6.45) is 2.94. The Morgan fingerprint density at radius 2 is 2.60 bits per heavy atom. The second-order valence-electron chi connectivity index (χ2n) is 3.60. The van der Waals surface area contributed by atoms with Crippen molar-refractivity contribution >= 4 is 11.8 Å². The van der Waals surface area contributed by atoms with E-state index in [-0.39, 0.29) is 0 Å². The fourth-order valence-electron chi connectivity index (χ4n) is 1.60. The van der Waals surface area contributed by atoms with Crippen LogP contribution in [0.3, 0.4) is 0 Å². The van der Waals surface area contributed by atoms with Crippen LogP contribution in [0, 0.1) is 11.3 Å². The number of hydrogen-bond donors (Lipinski definition) is 1. The summed E-state index contributed by atoms with van der Waals surface area (Å²) in [5.41, 5.74) is 1.63. The number of thioether (sulfide) groups is 1. The van der Waals surface area contributed by atoms with Gasteiger partial charge in [0.05, 0.1) is 0 Å². The van der Waals surface area contributed by atoms with Crippen LogP contribution in [0.5, 0.6) is 0 Å². The van der Waals surface area contributed by atoms with Crippen LogP contribution in [0.15, 0.2) is 18.3 Å². The molecule has 1 unspecified atom stereocenters. The quantitative estimate of drug-likeness (QED) is 0.838. The van der Waals surface area contributed by atoms with Gasteiger partial charge >= 0.3 is 0 Å². The minimum Gasteiger partial charge on any atom is -0.309 e. The fourth-order valence-corrected chi connectivity index (χ4v) is 2.79. The Morgan fingerprint density at radius 3 is 3.33 bits per heavy atom. The molecule has 1 saturated heterocycles. The van der Waals surface area contributed by atoms with Gasteiger partial charge in [0.2, 0.25) is 0 Å². The molecule has 2 rings (SSSR count). The van der Waals surface area contributed by atoms with Gasteiger partial charge in [0.15, 0.2) is 0 Å². The van der Waals surface area contributed by atoms with Gasteiger partial charge < -0.3 is 5.32 Å². The number of pyridine rings is 1. The van der Waals surface area contributed by atoms with Crippen molar-refractivity contribution in [3.05, 3.63) is 29.6 Å². The lowest BCUT2D eigenvalue weighted by atomic mass is 10.2. The minimum atomic E-state index is 0.495. The van der Waals surface area contributed by atoms with Gasteiger partial charge in [0.1, 0.15) is 11.8 Å². The molecule has 0 saturated carbocycles. The van der Waals surface area contributed by atoms with Crippen LogP contribution in [-0.4, -0.2) is 22.5 Å². The van der Waals surface area contributed by atoms with Crippen LogP contribution in [0.25, 0.3) is 0 Å². The van der Waals surface area contributed by atoms with Crippen molar-refractivity contribution in [2.45, 2.75) is 19.0 Å². The summed E-state index contributed by atoms with van der Waals surface area (Å²) >= 11 is 2.00. The van der Waals surface area contributed by atoms with Gasteiger partial charge in [-0.2, -0.15) is 17.0 Å². The van der Waals surface area contributed by atoms with E-state index in [1.165, 1.54) is 17.9 Å². The summed E-state index contributed by atoms with van der Waals surface area (Å²) in [4.78, 5) is 3.94. The molecule has 3 nitrogen and oxygen atoms in total. The Labute approximate surface area is 93.9 Å². The molecule has 1 N–H and O–H groups in total. The van der Waals surface area contributed by atoms with E-state index in [2.05, 4.69) is 16.4 Å². The molecular formula is C11H13N3S. The van der Waals surface area contributed by atoms with Crippen LogP contribution >= 0.6 is 11.8 Å². The van der Waals surface area contributed by atoms with Crippen LogP contribution < -0.4 is 5.32 Å². The molecule has 0 bridgehead atoms. The smallest absolute Gasteiger partial charge is 0.140 e. The lowest BCUT2D eigenvalue weighted by Gasteiger charge is -2.10. The molecule has 0 aliphatic carbocycles. The van der Waals surface area contributed by atoms with Gasteiger partial charge in [-0.25, -0.2) is 4.98 Å². The largest absolute Gasteiger partial charge is 0.309 e. The van der Waals surface area contributed by atoms with Gasteiger partial charge in [-0.3, -0.25) is 0 Å². The van der Waals surface area contributed by atoms with E-state index in [1.54, 1.807) is 6.20 Å². The third-order valence-corrected chi connectivity index (χ3v) is 3.63. The maximum atomic E-state index is 8.71. The van der Waals surface area contributed by atoms with Crippen LogP contribution in [0.1, 0.15) is 17.7 Å². The third kappa shape index (κ3) is 2.95. The molecule has 1 aromatic heterocycles. The molecule has 15 heavy (non-hydrogen) atoms. The Bertz CT molecular complexity index is 366. The zero-order chi connectivity index (χ0) is 10.5. The topological polar surface area (TPSA) is 48.7 Å². The van der Waals surface area contributed by atoms with Gasteiger partial charge in [0.25, 0.3) is 0 Å². The zero-order valence-corrected chi connectivity index (χ0v) is 9.26. The maximum Gasteiger partial charge on any atom is 0.140 e. The molecule has 1 aromatic rings. The van der Waals surface area contributed by atoms with Crippen molar-refractivity contribution in [1.82, 2.24) is 10.3 Å². The van der Waals surface area contributed by atoms with E-state index >= 15 is 0 Å². The number of hydrogen-bond acceptors (Lipinski definition) is 4. The van der Waals surface area contributed by atoms with Crippen molar-refractivity contribution in [3.8, 4) is 6.07 Å². The molecule has 1 atom stereocenters. The second-order valence-corrected chi connectivity index (χ2v) is 4.75. The summed E-state index contributed by atoms with van der Waals surface area (Å²) in [5, 5.41) is 12.2. The van der Waals surface area contributed by atoms with Gasteiger partial charge in [-0.15, -0.1) is 0 Å². The zero-order valence-electron chi connectivity index (χ0n) is 8.44. The second kappa shape index (κ2) is 5.15. The van der Waals surface area contributed by atoms with E-state index in [9.17, 15) is 0 Å². The van der Waals surface area contributed by atoms with E-state index < -0.39 is 0 Å². The first-order chi connectivity index (χ1) is 7.38. The predicted molar refractivity (Wildman–Crippen MR) is 61.5 cm³/mol. The normalized spacial score (nSPS) is 20.1. The Morgan fingerprint density at radius 1 is 1.67 bits per heavy atom. The summed E-state index contributed by atoms with van der Waals surface area (Å²) in [7, 11) is 0. The molecule has 0 radical (unpaired) electrons. The number of rotatable bonds is 3. The van der Waals surface area contributed by atoms with Crippen molar-refractivity contribution in [3.63, 3.8) is 0 Å². The van der Waals surface area contributed by atoms with E-state index in [0.717, 1.165) is 12.1 Å². The standard InChI is InChI=1S/C11H13N3S/c12-6-11-5-9(1-3-13-11)7-14-10-2-4-15-8-10/h1,3,5,10,14H,2,4,7-8H2. The monoisotopic (exact) mass is 219 g/mol. The molecule has 1 fully saturated rings. The number of aromatic nitrogens is 1. The average Bonchev–Trinajstić information content (AvgIpc) is 2.79. The van der Waals surface area contributed by atoms with Crippen LogP contribution in [0.4, 0.5) is 0 Å². The molecule has 0 spiro atoms. The summed E-state index contributed by atoms with van der Waals surface area (Å²) in [5.74, 6) is 2.47. The Kier molecular flexibility index (Phi) is 3.59. The number of nitriles is 1. The molecule has 0 amide bonds. The lowest BCUT2D eigenvalue weighted by molar-refractivity contribution is 0.557. The number of nitrogens with zero attached hydrogens (tertiary/aromatic N) is 2. The van der Waals surface area contributed by atoms with Gasteiger partial charge in [0, 0.05) is 24.5 Å². The molecule has 2 heterocycles. The van der Waals surface area contributed by atoms with E-state index in [0.29, 0.717) is 11.7 Å². The Balaban J connectivity index is 1.90. The first-order valence-corrected chi connectivity index (χ1v) is 6.20. The highest BCUT2D eigenvalue weighted by atomic mass is 32.2. The Hall–Kier alpha value is -1.05. The predicted octanol–water partition coefficient (Wildman–Crippen LogP) is 1.55. The molecule has 1 aliphatic rings. The first kappa shape index (κ1) is 10.5. The SMILES string of the molecule is N#Cc1cc(CNC2CCSC2)ccn1. The molecule has 1 aliphatic heterocycles. The molecule has 78 valence electrons.